The quantitative estimate of drug-likeness (QED) is 0.145. The van der Waals surface area contributed by atoms with Crippen molar-refractivity contribution in [3.05, 3.63) is 111 Å². The predicted molar refractivity (Wildman–Crippen MR) is 192 cm³/mol. The van der Waals surface area contributed by atoms with Gasteiger partial charge in [-0.05, 0) is 60.5 Å². The summed E-state index contributed by atoms with van der Waals surface area (Å²) in [5.74, 6) is -0.533. The fourth-order valence-corrected chi connectivity index (χ4v) is 7.22. The lowest BCUT2D eigenvalue weighted by atomic mass is 10.0. The number of benzene rings is 4. The van der Waals surface area contributed by atoms with Crippen molar-refractivity contribution in [3.63, 3.8) is 0 Å². The summed E-state index contributed by atoms with van der Waals surface area (Å²) in [6.45, 7) is 1.18. The lowest BCUT2D eigenvalue weighted by Crippen LogP contribution is -2.53. The average molecular weight is 749 g/mol. The number of likely N-dealkylation sites (N-methyl/N-ethyl adjacent to an activating group) is 1. The number of ether oxygens (including phenoxy) is 3. The van der Waals surface area contributed by atoms with Crippen molar-refractivity contribution < 1.29 is 32.2 Å². The molecule has 0 aliphatic rings. The molecule has 14 heteroatoms. The number of rotatable bonds is 15. The van der Waals surface area contributed by atoms with Gasteiger partial charge in [-0.1, -0.05) is 71.2 Å². The summed E-state index contributed by atoms with van der Waals surface area (Å²) in [7, 11) is -0.348. The summed E-state index contributed by atoms with van der Waals surface area (Å²) in [5, 5.41) is 3.67. The van der Waals surface area contributed by atoms with E-state index in [1.807, 2.05) is 30.3 Å². The van der Waals surface area contributed by atoms with Gasteiger partial charge in [-0.3, -0.25) is 13.9 Å². The first kappa shape index (κ1) is 37.7. The molecule has 0 saturated carbocycles. The Balaban J connectivity index is 1.89. The van der Waals surface area contributed by atoms with Gasteiger partial charge < -0.3 is 24.4 Å². The standard InChI is InChI=1S/C35H36Cl3N3O7S/c1-5-39-35(43)30(17-23-9-7-6-8-10-23)40(21-24-11-12-25(36)18-28(24)38)34(42)22-41(29-19-26(37)13-15-31(29)46-2)49(44,45)27-14-16-32(47-3)33(20-27)48-4/h6-16,18-20,30H,5,17,21-22H2,1-4H3,(H,39,43). The first-order valence-corrected chi connectivity index (χ1v) is 17.6. The van der Waals surface area contributed by atoms with Crippen LogP contribution in [-0.4, -0.2) is 65.6 Å². The van der Waals surface area contributed by atoms with Gasteiger partial charge in [0.2, 0.25) is 11.8 Å². The van der Waals surface area contributed by atoms with E-state index in [0.717, 1.165) is 9.87 Å². The van der Waals surface area contributed by atoms with Crippen molar-refractivity contribution in [2.24, 2.45) is 0 Å². The Morgan fingerprint density at radius 1 is 0.796 bits per heavy atom. The number of methoxy groups -OCH3 is 3. The van der Waals surface area contributed by atoms with Gasteiger partial charge in [0.1, 0.15) is 18.3 Å². The zero-order chi connectivity index (χ0) is 35.7. The number of nitrogens with zero attached hydrogens (tertiary/aromatic N) is 2. The van der Waals surface area contributed by atoms with Crippen molar-refractivity contribution in [1.82, 2.24) is 10.2 Å². The van der Waals surface area contributed by atoms with Crippen LogP contribution in [0.4, 0.5) is 5.69 Å². The summed E-state index contributed by atoms with van der Waals surface area (Å²) in [5.41, 5.74) is 1.28. The van der Waals surface area contributed by atoms with Crippen LogP contribution in [0.1, 0.15) is 18.1 Å². The fourth-order valence-electron chi connectivity index (χ4n) is 5.16. The molecule has 1 N–H and O–H groups in total. The van der Waals surface area contributed by atoms with Crippen molar-refractivity contribution in [2.75, 3.05) is 38.7 Å². The number of carbonyl (C=O) groups is 2. The molecule has 0 aromatic heterocycles. The maximum atomic E-state index is 14.7. The second-order valence-electron chi connectivity index (χ2n) is 10.7. The molecule has 2 amide bonds. The van der Waals surface area contributed by atoms with Gasteiger partial charge in [0.25, 0.3) is 10.0 Å². The fraction of sp³-hybridized carbons (Fsp3) is 0.257. The van der Waals surface area contributed by atoms with E-state index in [2.05, 4.69) is 5.32 Å². The molecule has 0 saturated heterocycles. The molecule has 0 spiro atoms. The first-order valence-electron chi connectivity index (χ1n) is 15.1. The van der Waals surface area contributed by atoms with Crippen LogP contribution in [0.5, 0.6) is 17.2 Å². The Morgan fingerprint density at radius 3 is 2.06 bits per heavy atom. The molecule has 1 unspecified atom stereocenters. The topological polar surface area (TPSA) is 114 Å². The maximum Gasteiger partial charge on any atom is 0.265 e. The zero-order valence-corrected chi connectivity index (χ0v) is 30.4. The van der Waals surface area contributed by atoms with E-state index in [9.17, 15) is 18.0 Å². The third-order valence-electron chi connectivity index (χ3n) is 7.61. The molecule has 49 heavy (non-hydrogen) atoms. The van der Waals surface area contributed by atoms with Crippen LogP contribution in [0.3, 0.4) is 0 Å². The highest BCUT2D eigenvalue weighted by molar-refractivity contribution is 7.92. The van der Waals surface area contributed by atoms with E-state index < -0.39 is 34.4 Å². The normalized spacial score (nSPS) is 11.7. The van der Waals surface area contributed by atoms with Gasteiger partial charge in [-0.2, -0.15) is 0 Å². The number of nitrogens with one attached hydrogen (secondary N) is 1. The number of carbonyl (C=O) groups excluding carboxylic acids is 2. The molecular formula is C35H36Cl3N3O7S. The van der Waals surface area contributed by atoms with E-state index in [-0.39, 0.29) is 45.1 Å². The molecule has 0 fully saturated rings. The minimum Gasteiger partial charge on any atom is -0.495 e. The van der Waals surface area contributed by atoms with Gasteiger partial charge in [0.15, 0.2) is 11.5 Å². The molecule has 260 valence electrons. The van der Waals surface area contributed by atoms with Gasteiger partial charge in [-0.25, -0.2) is 8.42 Å². The number of anilines is 1. The van der Waals surface area contributed by atoms with E-state index in [4.69, 9.17) is 49.0 Å². The molecule has 4 rings (SSSR count). The van der Waals surface area contributed by atoms with Crippen LogP contribution in [0, 0.1) is 0 Å². The molecule has 1 atom stereocenters. The number of sulfonamides is 1. The van der Waals surface area contributed by atoms with Crippen molar-refractivity contribution in [2.45, 2.75) is 30.8 Å². The Bertz CT molecular complexity index is 1900. The highest BCUT2D eigenvalue weighted by Gasteiger charge is 2.36. The second-order valence-corrected chi connectivity index (χ2v) is 13.8. The molecular weight excluding hydrogens is 713 g/mol. The predicted octanol–water partition coefficient (Wildman–Crippen LogP) is 6.64. The number of hydrogen-bond acceptors (Lipinski definition) is 7. The second kappa shape index (κ2) is 17.0. The SMILES string of the molecule is CCNC(=O)C(Cc1ccccc1)N(Cc1ccc(Cl)cc1Cl)C(=O)CN(c1cc(Cl)ccc1OC)S(=O)(=O)c1ccc(OC)c(OC)c1. The van der Waals surface area contributed by atoms with E-state index in [0.29, 0.717) is 22.9 Å². The summed E-state index contributed by atoms with van der Waals surface area (Å²) >= 11 is 19.1. The third kappa shape index (κ3) is 9.10. The molecule has 0 aliphatic heterocycles. The Kier molecular flexibility index (Phi) is 13.0. The monoisotopic (exact) mass is 747 g/mol. The zero-order valence-electron chi connectivity index (χ0n) is 27.3. The third-order valence-corrected chi connectivity index (χ3v) is 10.2. The van der Waals surface area contributed by atoms with Crippen molar-refractivity contribution in [3.8, 4) is 17.2 Å². The smallest absolute Gasteiger partial charge is 0.265 e. The molecule has 0 radical (unpaired) electrons. The lowest BCUT2D eigenvalue weighted by Gasteiger charge is -2.34. The molecule has 0 bridgehead atoms. The molecule has 4 aromatic rings. The van der Waals surface area contributed by atoms with Crippen molar-refractivity contribution >= 4 is 62.3 Å². The highest BCUT2D eigenvalue weighted by atomic mass is 35.5. The van der Waals surface area contributed by atoms with Gasteiger partial charge in [0, 0.05) is 40.6 Å². The highest BCUT2D eigenvalue weighted by Crippen LogP contribution is 2.37. The van der Waals surface area contributed by atoms with Gasteiger partial charge in [0.05, 0.1) is 31.9 Å². The minimum absolute atomic E-state index is 0.000212. The first-order chi connectivity index (χ1) is 23.4. The van der Waals surface area contributed by atoms with Gasteiger partial charge in [-0.15, -0.1) is 0 Å². The minimum atomic E-state index is -4.52. The Hall–Kier alpha value is -4.16. The lowest BCUT2D eigenvalue weighted by molar-refractivity contribution is -0.140. The van der Waals surface area contributed by atoms with Gasteiger partial charge >= 0.3 is 0 Å². The molecule has 0 aliphatic carbocycles. The van der Waals surface area contributed by atoms with Crippen LogP contribution in [0.15, 0.2) is 89.8 Å². The van der Waals surface area contributed by atoms with Crippen LogP contribution < -0.4 is 23.8 Å². The van der Waals surface area contributed by atoms with Crippen molar-refractivity contribution in [1.29, 1.82) is 0 Å². The number of amides is 2. The van der Waals surface area contributed by atoms with Crippen LogP contribution in [-0.2, 0) is 32.6 Å². The Labute approximate surface area is 301 Å². The number of hydrogen-bond donors (Lipinski definition) is 1. The summed E-state index contributed by atoms with van der Waals surface area (Å²) in [6.07, 6.45) is 0.131. The van der Waals surface area contributed by atoms with Crippen LogP contribution >= 0.6 is 34.8 Å². The largest absolute Gasteiger partial charge is 0.495 e. The van der Waals surface area contributed by atoms with Crippen LogP contribution in [0.2, 0.25) is 15.1 Å². The Morgan fingerprint density at radius 2 is 1.43 bits per heavy atom. The molecule has 10 nitrogen and oxygen atoms in total. The summed E-state index contributed by atoms with van der Waals surface area (Å²) < 4.78 is 46.2. The summed E-state index contributed by atoms with van der Waals surface area (Å²) in [6, 6.07) is 21.4. The van der Waals surface area contributed by atoms with E-state index in [1.165, 1.54) is 68.7 Å². The summed E-state index contributed by atoms with van der Waals surface area (Å²) in [4.78, 5) is 29.5. The molecule has 4 aromatic carbocycles. The van der Waals surface area contributed by atoms with Crippen LogP contribution in [0.25, 0.3) is 0 Å². The maximum absolute atomic E-state index is 14.7. The average Bonchev–Trinajstić information content (AvgIpc) is 3.09. The van der Waals surface area contributed by atoms with E-state index >= 15 is 0 Å². The number of halogens is 3. The molecule has 0 heterocycles. The van der Waals surface area contributed by atoms with E-state index in [1.54, 1.807) is 19.1 Å².